The van der Waals surface area contributed by atoms with Crippen molar-refractivity contribution in [1.29, 1.82) is 0 Å². The zero-order chi connectivity index (χ0) is 17.8. The molecule has 1 amide bonds. The Morgan fingerprint density at radius 1 is 1.24 bits per heavy atom. The number of amides is 1. The second-order valence-electron chi connectivity index (χ2n) is 6.04. The Labute approximate surface area is 143 Å². The molecule has 0 spiro atoms. The monoisotopic (exact) mass is 342 g/mol. The molecule has 1 aliphatic rings. The predicted molar refractivity (Wildman–Crippen MR) is 90.3 cm³/mol. The third-order valence-corrected chi connectivity index (χ3v) is 4.04. The van der Waals surface area contributed by atoms with Gasteiger partial charge in [-0.3, -0.25) is 19.7 Å². The number of nitrogens with one attached hydrogen (secondary N) is 1. The van der Waals surface area contributed by atoms with E-state index in [1.807, 2.05) is 0 Å². The van der Waals surface area contributed by atoms with Crippen molar-refractivity contribution >= 4 is 11.6 Å². The lowest BCUT2D eigenvalue weighted by Crippen LogP contribution is -2.32. The van der Waals surface area contributed by atoms with Gasteiger partial charge in [0.05, 0.1) is 23.6 Å². The topological polar surface area (TPSA) is 107 Å². The number of non-ortho nitro benzene ring substituents is 1. The molecule has 0 radical (unpaired) electrons. The summed E-state index contributed by atoms with van der Waals surface area (Å²) in [5.41, 5.74) is 1.42. The molecule has 0 unspecified atom stereocenters. The molecule has 0 aliphatic heterocycles. The van der Waals surface area contributed by atoms with Crippen LogP contribution in [0, 0.1) is 10.1 Å². The lowest BCUT2D eigenvalue weighted by atomic mass is 10.1. The highest BCUT2D eigenvalue weighted by Crippen LogP contribution is 2.38. The van der Waals surface area contributed by atoms with Crippen molar-refractivity contribution in [2.75, 3.05) is 6.54 Å². The van der Waals surface area contributed by atoms with Crippen molar-refractivity contribution in [3.63, 3.8) is 0 Å². The third kappa shape index (κ3) is 4.50. The SMILES string of the molecule is O=C(Cc1ccc([N+](=O)[O-])cc1)NCCn1nc(C2CC2)ccc1=O. The third-order valence-electron chi connectivity index (χ3n) is 4.04. The number of carbonyl (C=O) groups is 1. The lowest BCUT2D eigenvalue weighted by molar-refractivity contribution is -0.384. The van der Waals surface area contributed by atoms with Crippen LogP contribution in [0.25, 0.3) is 0 Å². The lowest BCUT2D eigenvalue weighted by Gasteiger charge is -2.08. The Balaban J connectivity index is 1.50. The van der Waals surface area contributed by atoms with Gasteiger partial charge in [-0.2, -0.15) is 5.10 Å². The molecule has 1 N–H and O–H groups in total. The van der Waals surface area contributed by atoms with Crippen molar-refractivity contribution < 1.29 is 9.72 Å². The molecular formula is C17H18N4O4. The molecule has 25 heavy (non-hydrogen) atoms. The van der Waals surface area contributed by atoms with E-state index in [4.69, 9.17) is 0 Å². The average molecular weight is 342 g/mol. The molecule has 0 saturated heterocycles. The van der Waals surface area contributed by atoms with Gasteiger partial charge in [0.2, 0.25) is 5.91 Å². The van der Waals surface area contributed by atoms with Gasteiger partial charge in [-0.1, -0.05) is 12.1 Å². The van der Waals surface area contributed by atoms with Crippen LogP contribution < -0.4 is 10.9 Å². The van der Waals surface area contributed by atoms with Crippen LogP contribution in [0.1, 0.15) is 30.0 Å². The molecule has 3 rings (SSSR count). The van der Waals surface area contributed by atoms with Crippen molar-refractivity contribution in [3.8, 4) is 0 Å². The number of nitro groups is 1. The van der Waals surface area contributed by atoms with Crippen LogP contribution in [0.2, 0.25) is 0 Å². The first-order valence-electron chi connectivity index (χ1n) is 8.11. The predicted octanol–water partition coefficient (Wildman–Crippen LogP) is 1.39. The quantitative estimate of drug-likeness (QED) is 0.604. The van der Waals surface area contributed by atoms with Gasteiger partial charge in [0, 0.05) is 30.7 Å². The molecule has 1 fully saturated rings. The molecule has 1 aromatic heterocycles. The molecular weight excluding hydrogens is 324 g/mol. The average Bonchev–Trinajstić information content (AvgIpc) is 3.42. The van der Waals surface area contributed by atoms with Crippen LogP contribution in [-0.4, -0.2) is 27.2 Å². The van der Waals surface area contributed by atoms with E-state index >= 15 is 0 Å². The first-order valence-corrected chi connectivity index (χ1v) is 8.11. The van der Waals surface area contributed by atoms with E-state index in [0.29, 0.717) is 24.6 Å². The smallest absolute Gasteiger partial charge is 0.269 e. The van der Waals surface area contributed by atoms with E-state index in [-0.39, 0.29) is 23.6 Å². The molecule has 8 heteroatoms. The summed E-state index contributed by atoms with van der Waals surface area (Å²) >= 11 is 0. The van der Waals surface area contributed by atoms with Gasteiger partial charge in [0.25, 0.3) is 11.2 Å². The fourth-order valence-electron chi connectivity index (χ4n) is 2.51. The standard InChI is InChI=1S/C17H18N4O4/c22-16(11-12-1-5-14(6-2-12)21(24)25)18-9-10-20-17(23)8-7-15(19-20)13-3-4-13/h1-2,5-8,13H,3-4,9-11H2,(H,18,22). The zero-order valence-corrected chi connectivity index (χ0v) is 13.6. The second kappa shape index (κ2) is 7.25. The minimum absolute atomic E-state index is 0.00912. The van der Waals surface area contributed by atoms with E-state index in [1.165, 1.54) is 22.9 Å². The zero-order valence-electron chi connectivity index (χ0n) is 13.6. The maximum Gasteiger partial charge on any atom is 0.269 e. The van der Waals surface area contributed by atoms with Crippen molar-refractivity contribution in [1.82, 2.24) is 15.1 Å². The Bertz CT molecular complexity index is 840. The minimum Gasteiger partial charge on any atom is -0.354 e. The highest BCUT2D eigenvalue weighted by molar-refractivity contribution is 5.78. The summed E-state index contributed by atoms with van der Waals surface area (Å²) in [5, 5.41) is 17.7. The normalized spacial score (nSPS) is 13.4. The molecule has 1 saturated carbocycles. The minimum atomic E-state index is -0.482. The van der Waals surface area contributed by atoms with E-state index in [1.54, 1.807) is 18.2 Å². The van der Waals surface area contributed by atoms with Gasteiger partial charge in [0.1, 0.15) is 0 Å². The summed E-state index contributed by atoms with van der Waals surface area (Å²) in [6, 6.07) is 9.14. The van der Waals surface area contributed by atoms with E-state index < -0.39 is 4.92 Å². The number of nitrogens with zero attached hydrogens (tertiary/aromatic N) is 3. The number of aromatic nitrogens is 2. The Hall–Kier alpha value is -3.03. The van der Waals surface area contributed by atoms with Crippen LogP contribution >= 0.6 is 0 Å². The van der Waals surface area contributed by atoms with Crippen LogP contribution in [0.15, 0.2) is 41.2 Å². The molecule has 2 aromatic rings. The van der Waals surface area contributed by atoms with Crippen LogP contribution in [0.5, 0.6) is 0 Å². The summed E-state index contributed by atoms with van der Waals surface area (Å²) in [4.78, 5) is 33.9. The van der Waals surface area contributed by atoms with Crippen LogP contribution in [-0.2, 0) is 17.8 Å². The number of hydrogen-bond acceptors (Lipinski definition) is 5. The maximum absolute atomic E-state index is 11.9. The first-order chi connectivity index (χ1) is 12.0. The summed E-state index contributed by atoms with van der Waals surface area (Å²) in [6.45, 7) is 0.609. The number of nitro benzene ring substituents is 1. The highest BCUT2D eigenvalue weighted by atomic mass is 16.6. The van der Waals surface area contributed by atoms with Gasteiger partial charge in [0.15, 0.2) is 0 Å². The van der Waals surface area contributed by atoms with E-state index in [2.05, 4.69) is 10.4 Å². The Kier molecular flexibility index (Phi) is 4.87. The Morgan fingerprint density at radius 2 is 1.96 bits per heavy atom. The molecule has 1 aliphatic carbocycles. The maximum atomic E-state index is 11.9. The number of hydrogen-bond donors (Lipinski definition) is 1. The molecule has 8 nitrogen and oxygen atoms in total. The van der Waals surface area contributed by atoms with E-state index in [9.17, 15) is 19.7 Å². The Morgan fingerprint density at radius 3 is 2.60 bits per heavy atom. The van der Waals surface area contributed by atoms with Crippen molar-refractivity contribution in [2.45, 2.75) is 31.7 Å². The number of benzene rings is 1. The van der Waals surface area contributed by atoms with Crippen LogP contribution in [0.3, 0.4) is 0 Å². The van der Waals surface area contributed by atoms with Gasteiger partial charge in [-0.05, 0) is 24.5 Å². The summed E-state index contributed by atoms with van der Waals surface area (Å²) in [6.07, 6.45) is 2.34. The largest absolute Gasteiger partial charge is 0.354 e. The molecule has 0 atom stereocenters. The second-order valence-corrected chi connectivity index (χ2v) is 6.04. The fraction of sp³-hybridized carbons (Fsp3) is 0.353. The first kappa shape index (κ1) is 16.8. The van der Waals surface area contributed by atoms with Gasteiger partial charge in [-0.25, -0.2) is 4.68 Å². The van der Waals surface area contributed by atoms with Crippen molar-refractivity contribution in [3.05, 3.63) is 68.1 Å². The molecule has 130 valence electrons. The van der Waals surface area contributed by atoms with Crippen molar-refractivity contribution in [2.24, 2.45) is 0 Å². The highest BCUT2D eigenvalue weighted by Gasteiger charge is 2.25. The summed E-state index contributed by atoms with van der Waals surface area (Å²) in [5.74, 6) is 0.254. The van der Waals surface area contributed by atoms with E-state index in [0.717, 1.165) is 18.5 Å². The fourth-order valence-corrected chi connectivity index (χ4v) is 2.51. The van der Waals surface area contributed by atoms with Gasteiger partial charge in [-0.15, -0.1) is 0 Å². The summed E-state index contributed by atoms with van der Waals surface area (Å²) in [7, 11) is 0. The van der Waals surface area contributed by atoms with Crippen LogP contribution in [0.4, 0.5) is 5.69 Å². The molecule has 0 bridgehead atoms. The number of carbonyl (C=O) groups excluding carboxylic acids is 1. The molecule has 1 heterocycles. The number of rotatable bonds is 7. The van der Waals surface area contributed by atoms with Gasteiger partial charge >= 0.3 is 0 Å². The summed E-state index contributed by atoms with van der Waals surface area (Å²) < 4.78 is 1.37. The van der Waals surface area contributed by atoms with Gasteiger partial charge < -0.3 is 5.32 Å². The molecule has 1 aromatic carbocycles.